The summed E-state index contributed by atoms with van der Waals surface area (Å²) in [5.74, 6) is 0. The fourth-order valence-corrected chi connectivity index (χ4v) is 2.46. The third kappa shape index (κ3) is 2.90. The fraction of sp³-hybridized carbons (Fsp3) is 0.235. The van der Waals surface area contributed by atoms with Crippen LogP contribution in [-0.4, -0.2) is 21.5 Å². The first-order chi connectivity index (χ1) is 10.4. The minimum atomic E-state index is -0.0373. The largest absolute Gasteiger partial charge is 0.304 e. The standard InChI is InChI=1S/C17H18N4/c1-2-8-20-17(15-12-18-10-11-19-15)16-14-6-4-3-5-13(14)7-9-21-16/h3-7,9-12,17,20H,2,8H2,1H3. The highest BCUT2D eigenvalue weighted by atomic mass is 15.0. The Morgan fingerprint density at radius 1 is 1.05 bits per heavy atom. The summed E-state index contributed by atoms with van der Waals surface area (Å²) < 4.78 is 0. The van der Waals surface area contributed by atoms with Crippen molar-refractivity contribution < 1.29 is 0 Å². The first-order valence-corrected chi connectivity index (χ1v) is 7.23. The van der Waals surface area contributed by atoms with Crippen LogP contribution in [0.1, 0.15) is 30.8 Å². The average Bonchev–Trinajstić information content (AvgIpc) is 2.56. The Labute approximate surface area is 124 Å². The highest BCUT2D eigenvalue weighted by Gasteiger charge is 2.18. The van der Waals surface area contributed by atoms with Crippen LogP contribution in [0.2, 0.25) is 0 Å². The van der Waals surface area contributed by atoms with E-state index in [1.807, 2.05) is 24.4 Å². The molecular weight excluding hydrogens is 260 g/mol. The molecule has 3 aromatic rings. The van der Waals surface area contributed by atoms with Gasteiger partial charge in [0.05, 0.1) is 23.6 Å². The molecule has 1 atom stereocenters. The van der Waals surface area contributed by atoms with E-state index in [1.165, 1.54) is 5.39 Å². The number of pyridine rings is 1. The summed E-state index contributed by atoms with van der Waals surface area (Å²) in [4.78, 5) is 13.2. The summed E-state index contributed by atoms with van der Waals surface area (Å²) in [6, 6.07) is 10.3. The molecule has 0 amide bonds. The Morgan fingerprint density at radius 2 is 1.95 bits per heavy atom. The van der Waals surface area contributed by atoms with Gasteiger partial charge >= 0.3 is 0 Å². The van der Waals surface area contributed by atoms with Crippen LogP contribution in [0, 0.1) is 0 Å². The molecule has 0 saturated heterocycles. The van der Waals surface area contributed by atoms with E-state index >= 15 is 0 Å². The molecule has 1 unspecified atom stereocenters. The van der Waals surface area contributed by atoms with E-state index in [0.29, 0.717) is 0 Å². The molecule has 0 aliphatic rings. The van der Waals surface area contributed by atoms with Gasteiger partial charge in [0, 0.05) is 24.0 Å². The van der Waals surface area contributed by atoms with E-state index in [0.717, 1.165) is 29.7 Å². The predicted molar refractivity (Wildman–Crippen MR) is 83.9 cm³/mol. The van der Waals surface area contributed by atoms with Crippen molar-refractivity contribution in [2.75, 3.05) is 6.54 Å². The second-order valence-electron chi connectivity index (χ2n) is 4.93. The number of nitrogens with zero attached hydrogens (tertiary/aromatic N) is 3. The number of nitrogens with one attached hydrogen (secondary N) is 1. The van der Waals surface area contributed by atoms with Crippen molar-refractivity contribution in [3.05, 3.63) is 66.5 Å². The third-order valence-electron chi connectivity index (χ3n) is 3.46. The van der Waals surface area contributed by atoms with E-state index in [4.69, 9.17) is 0 Å². The lowest BCUT2D eigenvalue weighted by atomic mass is 10.0. The topological polar surface area (TPSA) is 50.7 Å². The highest BCUT2D eigenvalue weighted by molar-refractivity contribution is 5.84. The van der Waals surface area contributed by atoms with Crippen LogP contribution in [0.3, 0.4) is 0 Å². The zero-order valence-electron chi connectivity index (χ0n) is 12.0. The van der Waals surface area contributed by atoms with E-state index in [2.05, 4.69) is 39.3 Å². The minimum Gasteiger partial charge on any atom is -0.304 e. The van der Waals surface area contributed by atoms with Crippen molar-refractivity contribution in [3.8, 4) is 0 Å². The maximum atomic E-state index is 4.61. The molecule has 0 aliphatic carbocycles. The van der Waals surface area contributed by atoms with Crippen LogP contribution >= 0.6 is 0 Å². The average molecular weight is 278 g/mol. The lowest BCUT2D eigenvalue weighted by molar-refractivity contribution is 0.576. The summed E-state index contributed by atoms with van der Waals surface area (Å²) in [5, 5.41) is 5.87. The summed E-state index contributed by atoms with van der Waals surface area (Å²) in [7, 11) is 0. The lowest BCUT2D eigenvalue weighted by Gasteiger charge is -2.18. The number of hydrogen-bond donors (Lipinski definition) is 1. The minimum absolute atomic E-state index is 0.0373. The van der Waals surface area contributed by atoms with Crippen molar-refractivity contribution in [1.29, 1.82) is 0 Å². The molecule has 21 heavy (non-hydrogen) atoms. The van der Waals surface area contributed by atoms with E-state index in [1.54, 1.807) is 18.6 Å². The Morgan fingerprint density at radius 3 is 2.76 bits per heavy atom. The fourth-order valence-electron chi connectivity index (χ4n) is 2.46. The van der Waals surface area contributed by atoms with Gasteiger partial charge in [-0.05, 0) is 24.4 Å². The molecule has 0 fully saturated rings. The molecule has 2 heterocycles. The molecule has 2 aromatic heterocycles. The first-order valence-electron chi connectivity index (χ1n) is 7.23. The Hall–Kier alpha value is -2.33. The second-order valence-corrected chi connectivity index (χ2v) is 4.93. The molecule has 0 radical (unpaired) electrons. The van der Waals surface area contributed by atoms with E-state index in [9.17, 15) is 0 Å². The quantitative estimate of drug-likeness (QED) is 0.779. The van der Waals surface area contributed by atoms with Crippen molar-refractivity contribution in [3.63, 3.8) is 0 Å². The maximum Gasteiger partial charge on any atom is 0.0947 e. The molecule has 3 rings (SSSR count). The normalized spacial score (nSPS) is 12.4. The molecule has 0 bridgehead atoms. The van der Waals surface area contributed by atoms with Crippen molar-refractivity contribution >= 4 is 10.8 Å². The second kappa shape index (κ2) is 6.41. The predicted octanol–water partition coefficient (Wildman–Crippen LogP) is 3.11. The van der Waals surface area contributed by atoms with Gasteiger partial charge in [-0.15, -0.1) is 0 Å². The molecule has 106 valence electrons. The first kappa shape index (κ1) is 13.6. The van der Waals surface area contributed by atoms with Crippen molar-refractivity contribution in [2.24, 2.45) is 0 Å². The molecule has 4 heteroatoms. The van der Waals surface area contributed by atoms with E-state index < -0.39 is 0 Å². The molecule has 0 aliphatic heterocycles. The van der Waals surface area contributed by atoms with Gasteiger partial charge in [-0.1, -0.05) is 31.2 Å². The Bertz CT molecular complexity index is 707. The van der Waals surface area contributed by atoms with Gasteiger partial charge in [-0.3, -0.25) is 15.0 Å². The van der Waals surface area contributed by atoms with Crippen molar-refractivity contribution in [1.82, 2.24) is 20.3 Å². The lowest BCUT2D eigenvalue weighted by Crippen LogP contribution is -2.25. The third-order valence-corrected chi connectivity index (χ3v) is 3.46. The number of rotatable bonds is 5. The van der Waals surface area contributed by atoms with Gasteiger partial charge in [-0.2, -0.15) is 0 Å². The molecule has 4 nitrogen and oxygen atoms in total. The van der Waals surface area contributed by atoms with Gasteiger partial charge in [0.25, 0.3) is 0 Å². The number of fused-ring (bicyclic) bond motifs is 1. The summed E-state index contributed by atoms with van der Waals surface area (Å²) in [5.41, 5.74) is 1.90. The summed E-state index contributed by atoms with van der Waals surface area (Å²) in [6.07, 6.45) is 8.13. The van der Waals surface area contributed by atoms with Crippen LogP contribution in [0.25, 0.3) is 10.8 Å². The molecule has 1 aromatic carbocycles. The van der Waals surface area contributed by atoms with Gasteiger partial charge in [0.1, 0.15) is 0 Å². The SMILES string of the molecule is CCCNC(c1cnccn1)c1nccc2ccccc12. The van der Waals surface area contributed by atoms with Crippen LogP contribution in [-0.2, 0) is 0 Å². The smallest absolute Gasteiger partial charge is 0.0947 e. The van der Waals surface area contributed by atoms with E-state index in [-0.39, 0.29) is 6.04 Å². The number of hydrogen-bond acceptors (Lipinski definition) is 4. The molecular formula is C17H18N4. The monoisotopic (exact) mass is 278 g/mol. The zero-order chi connectivity index (χ0) is 14.5. The summed E-state index contributed by atoms with van der Waals surface area (Å²) in [6.45, 7) is 3.06. The number of benzene rings is 1. The number of aromatic nitrogens is 3. The molecule has 1 N–H and O–H groups in total. The van der Waals surface area contributed by atoms with Crippen LogP contribution in [0.4, 0.5) is 0 Å². The Kier molecular flexibility index (Phi) is 4.17. The molecule has 0 spiro atoms. The highest BCUT2D eigenvalue weighted by Crippen LogP contribution is 2.25. The maximum absolute atomic E-state index is 4.61. The van der Waals surface area contributed by atoms with Gasteiger partial charge in [0.15, 0.2) is 0 Å². The van der Waals surface area contributed by atoms with Crippen LogP contribution < -0.4 is 5.32 Å². The zero-order valence-corrected chi connectivity index (χ0v) is 12.0. The van der Waals surface area contributed by atoms with Gasteiger partial charge < -0.3 is 5.32 Å². The van der Waals surface area contributed by atoms with Crippen molar-refractivity contribution in [2.45, 2.75) is 19.4 Å². The Balaban J connectivity index is 2.10. The summed E-state index contributed by atoms with van der Waals surface area (Å²) >= 11 is 0. The van der Waals surface area contributed by atoms with Gasteiger partial charge in [-0.25, -0.2) is 0 Å². The molecule has 0 saturated carbocycles. The van der Waals surface area contributed by atoms with Crippen LogP contribution in [0.15, 0.2) is 55.1 Å². The van der Waals surface area contributed by atoms with Crippen LogP contribution in [0.5, 0.6) is 0 Å². The van der Waals surface area contributed by atoms with Gasteiger partial charge in [0.2, 0.25) is 0 Å².